The second-order valence-electron chi connectivity index (χ2n) is 4.42. The number of hydrogen-bond acceptors (Lipinski definition) is 2. The Morgan fingerprint density at radius 1 is 1.14 bits per heavy atom. The minimum Gasteiger partial charge on any atom is -0.506 e. The molecule has 21 heavy (non-hydrogen) atoms. The van der Waals surface area contributed by atoms with E-state index in [2.05, 4.69) is 4.98 Å². The quantitative estimate of drug-likeness (QED) is 0.724. The summed E-state index contributed by atoms with van der Waals surface area (Å²) in [7, 11) is 0. The Morgan fingerprint density at radius 2 is 1.90 bits per heavy atom. The molecule has 0 atom stereocenters. The second kappa shape index (κ2) is 4.66. The molecule has 0 fully saturated rings. The van der Waals surface area contributed by atoms with E-state index in [1.807, 2.05) is 0 Å². The van der Waals surface area contributed by atoms with E-state index in [0.717, 1.165) is 12.1 Å². The van der Waals surface area contributed by atoms with Gasteiger partial charge >= 0.3 is 6.18 Å². The topological polar surface area (TPSA) is 37.5 Å². The molecule has 0 radical (unpaired) electrons. The third kappa shape index (κ3) is 2.31. The zero-order valence-electron chi connectivity index (χ0n) is 10.4. The van der Waals surface area contributed by atoms with E-state index in [9.17, 15) is 18.3 Å². The molecule has 3 nitrogen and oxygen atoms in total. The van der Waals surface area contributed by atoms with Crippen molar-refractivity contribution in [1.82, 2.24) is 9.38 Å². The van der Waals surface area contributed by atoms with Gasteiger partial charge in [0.2, 0.25) is 0 Å². The molecule has 3 rings (SSSR count). The van der Waals surface area contributed by atoms with Crippen LogP contribution in [0.4, 0.5) is 13.2 Å². The Balaban J connectivity index is 2.25. The second-order valence-corrected chi connectivity index (χ2v) is 4.77. The van der Waals surface area contributed by atoms with Crippen LogP contribution in [0, 0.1) is 0 Å². The maximum atomic E-state index is 12.8. The number of pyridine rings is 1. The third-order valence-corrected chi connectivity index (χ3v) is 3.31. The number of benzene rings is 1. The van der Waals surface area contributed by atoms with Gasteiger partial charge in [0.05, 0.1) is 5.56 Å². The molecule has 0 aliphatic rings. The van der Waals surface area contributed by atoms with Crippen LogP contribution >= 0.6 is 11.6 Å². The van der Waals surface area contributed by atoms with Gasteiger partial charge in [-0.15, -0.1) is 0 Å². The fourth-order valence-electron chi connectivity index (χ4n) is 2.12. The van der Waals surface area contributed by atoms with E-state index in [-0.39, 0.29) is 27.8 Å². The Morgan fingerprint density at radius 3 is 2.62 bits per heavy atom. The number of aromatic nitrogens is 2. The highest BCUT2D eigenvalue weighted by Gasteiger charge is 2.30. The largest absolute Gasteiger partial charge is 0.506 e. The number of halogens is 4. The number of rotatable bonds is 1. The molecule has 2 heterocycles. The monoisotopic (exact) mass is 312 g/mol. The van der Waals surface area contributed by atoms with Crippen molar-refractivity contribution in [2.45, 2.75) is 6.18 Å². The molecule has 3 aromatic rings. The van der Waals surface area contributed by atoms with Gasteiger partial charge in [0, 0.05) is 11.8 Å². The number of aromatic hydroxyl groups is 1. The van der Waals surface area contributed by atoms with Gasteiger partial charge in [-0.05, 0) is 24.3 Å². The van der Waals surface area contributed by atoms with E-state index in [0.29, 0.717) is 0 Å². The van der Waals surface area contributed by atoms with Crippen LogP contribution in [-0.4, -0.2) is 14.5 Å². The first-order chi connectivity index (χ1) is 9.88. The van der Waals surface area contributed by atoms with Gasteiger partial charge in [0.1, 0.15) is 17.1 Å². The molecule has 1 aromatic carbocycles. The predicted molar refractivity (Wildman–Crippen MR) is 72.3 cm³/mol. The highest BCUT2D eigenvalue weighted by Crippen LogP contribution is 2.34. The number of alkyl halides is 3. The summed E-state index contributed by atoms with van der Waals surface area (Å²) in [5.41, 5.74) is -0.253. The van der Waals surface area contributed by atoms with Crippen molar-refractivity contribution >= 4 is 17.1 Å². The van der Waals surface area contributed by atoms with Crippen LogP contribution in [0.25, 0.3) is 16.9 Å². The highest BCUT2D eigenvalue weighted by molar-refractivity contribution is 6.33. The van der Waals surface area contributed by atoms with Crippen LogP contribution in [0.1, 0.15) is 5.56 Å². The van der Waals surface area contributed by atoms with Gasteiger partial charge in [0.25, 0.3) is 0 Å². The van der Waals surface area contributed by atoms with Crippen LogP contribution in [0.15, 0.2) is 42.6 Å². The van der Waals surface area contributed by atoms with Crippen molar-refractivity contribution in [3.63, 3.8) is 0 Å². The molecular weight excluding hydrogens is 305 g/mol. The molecule has 0 aliphatic carbocycles. The Labute approximate surface area is 122 Å². The number of hydrogen-bond donors (Lipinski definition) is 1. The third-order valence-electron chi connectivity index (χ3n) is 3.05. The van der Waals surface area contributed by atoms with Crippen molar-refractivity contribution in [2.75, 3.05) is 0 Å². The maximum Gasteiger partial charge on any atom is 0.416 e. The van der Waals surface area contributed by atoms with Gasteiger partial charge in [-0.2, -0.15) is 13.2 Å². The molecule has 2 aromatic heterocycles. The molecule has 0 bridgehead atoms. The molecular formula is C14H8ClF3N2O. The lowest BCUT2D eigenvalue weighted by Gasteiger charge is -2.08. The lowest BCUT2D eigenvalue weighted by Crippen LogP contribution is -2.04. The Hall–Kier alpha value is -2.21. The number of imidazole rings is 1. The maximum absolute atomic E-state index is 12.8. The van der Waals surface area contributed by atoms with E-state index < -0.39 is 11.7 Å². The molecule has 108 valence electrons. The fraction of sp³-hybridized carbons (Fsp3) is 0.0714. The molecule has 0 unspecified atom stereocenters. The first kappa shape index (κ1) is 13.8. The van der Waals surface area contributed by atoms with Crippen LogP contribution in [0.3, 0.4) is 0 Å². The van der Waals surface area contributed by atoms with Gasteiger partial charge in [-0.3, -0.25) is 4.40 Å². The van der Waals surface area contributed by atoms with Gasteiger partial charge < -0.3 is 5.11 Å². The van der Waals surface area contributed by atoms with Crippen molar-refractivity contribution in [2.24, 2.45) is 0 Å². The van der Waals surface area contributed by atoms with E-state index in [1.165, 1.54) is 22.6 Å². The lowest BCUT2D eigenvalue weighted by molar-refractivity contribution is -0.137. The highest BCUT2D eigenvalue weighted by atomic mass is 35.5. The van der Waals surface area contributed by atoms with E-state index in [4.69, 9.17) is 11.6 Å². The smallest absolute Gasteiger partial charge is 0.416 e. The summed E-state index contributed by atoms with van der Waals surface area (Å²) in [5.74, 6) is 0.144. The summed E-state index contributed by atoms with van der Waals surface area (Å²) >= 11 is 5.95. The van der Waals surface area contributed by atoms with Gasteiger partial charge in [-0.25, -0.2) is 4.98 Å². The summed E-state index contributed by atoms with van der Waals surface area (Å²) in [5, 5.41) is 9.80. The zero-order chi connectivity index (χ0) is 15.2. The van der Waals surface area contributed by atoms with Crippen LogP contribution < -0.4 is 0 Å². The zero-order valence-corrected chi connectivity index (χ0v) is 11.2. The van der Waals surface area contributed by atoms with E-state index in [1.54, 1.807) is 12.3 Å². The molecule has 0 saturated heterocycles. The summed E-state index contributed by atoms with van der Waals surface area (Å²) in [4.78, 5) is 4.05. The number of nitrogens with zero attached hydrogens (tertiary/aromatic N) is 2. The molecule has 0 aliphatic heterocycles. The van der Waals surface area contributed by atoms with Crippen LogP contribution in [0.2, 0.25) is 5.15 Å². The lowest BCUT2D eigenvalue weighted by atomic mass is 10.1. The molecule has 0 saturated carbocycles. The predicted octanol–water partition coefficient (Wildman–Crippen LogP) is 4.38. The van der Waals surface area contributed by atoms with Gasteiger partial charge in [-0.1, -0.05) is 23.7 Å². The van der Waals surface area contributed by atoms with Crippen molar-refractivity contribution in [1.29, 1.82) is 0 Å². The summed E-state index contributed by atoms with van der Waals surface area (Å²) in [6.45, 7) is 0. The van der Waals surface area contributed by atoms with Crippen LogP contribution in [0.5, 0.6) is 5.75 Å². The molecule has 0 spiro atoms. The van der Waals surface area contributed by atoms with Crippen molar-refractivity contribution in [3.05, 3.63) is 53.3 Å². The minimum atomic E-state index is -4.44. The normalized spacial score (nSPS) is 12.0. The Kier molecular flexibility index (Phi) is 3.06. The average molecular weight is 313 g/mol. The van der Waals surface area contributed by atoms with Crippen LogP contribution in [-0.2, 0) is 6.18 Å². The SMILES string of the molecule is Oc1cccn2c(-c3cccc(C(F)(F)F)c3)nc(Cl)c12. The van der Waals surface area contributed by atoms with Gasteiger partial charge in [0.15, 0.2) is 5.15 Å². The first-order valence-corrected chi connectivity index (χ1v) is 6.29. The van der Waals surface area contributed by atoms with E-state index >= 15 is 0 Å². The Bertz CT molecular complexity index is 827. The molecule has 0 amide bonds. The standard InChI is InChI=1S/C14H8ClF3N2O/c15-12-11-10(21)5-2-6-20(11)13(19-12)8-3-1-4-9(7-8)14(16,17)18/h1-7,21H. The van der Waals surface area contributed by atoms with Crippen molar-refractivity contribution in [3.8, 4) is 17.1 Å². The average Bonchev–Trinajstić information content (AvgIpc) is 2.77. The summed E-state index contributed by atoms with van der Waals surface area (Å²) in [6.07, 6.45) is -2.86. The minimum absolute atomic E-state index is 0.0283. The molecule has 7 heteroatoms. The summed E-state index contributed by atoms with van der Waals surface area (Å²) in [6, 6.07) is 7.77. The first-order valence-electron chi connectivity index (χ1n) is 5.91. The van der Waals surface area contributed by atoms with Crippen molar-refractivity contribution < 1.29 is 18.3 Å². The molecule has 1 N–H and O–H groups in total. The fourth-order valence-corrected chi connectivity index (χ4v) is 2.38. The number of fused-ring (bicyclic) bond motifs is 1. The summed E-state index contributed by atoms with van der Waals surface area (Å²) < 4.78 is 39.8.